The average molecular weight is 591 g/mol. The molecule has 3 fully saturated rings. The summed E-state index contributed by atoms with van der Waals surface area (Å²) in [5.41, 5.74) is 3.33. The maximum atomic E-state index is 12.9. The van der Waals surface area contributed by atoms with Crippen molar-refractivity contribution >= 4 is 39.8 Å². The Kier molecular flexibility index (Phi) is 7.36. The quantitative estimate of drug-likeness (QED) is 0.375. The third-order valence-corrected chi connectivity index (χ3v) is 10.3. The van der Waals surface area contributed by atoms with Gasteiger partial charge in [0.2, 0.25) is 5.91 Å². The Bertz CT molecular complexity index is 1500. The molecule has 2 aromatic carbocycles. The molecule has 9 nitrogen and oxygen atoms in total. The first-order valence-corrected chi connectivity index (χ1v) is 15.5. The van der Waals surface area contributed by atoms with Gasteiger partial charge >= 0.3 is 6.01 Å². The van der Waals surface area contributed by atoms with Crippen LogP contribution in [0.4, 0.5) is 11.5 Å². The molecule has 4 atom stereocenters. The van der Waals surface area contributed by atoms with Gasteiger partial charge in [-0.3, -0.25) is 9.63 Å². The number of hydroxylamine groups is 2. The van der Waals surface area contributed by atoms with E-state index in [2.05, 4.69) is 46.0 Å². The van der Waals surface area contributed by atoms with Gasteiger partial charge < -0.3 is 19.4 Å². The van der Waals surface area contributed by atoms with Crippen molar-refractivity contribution in [3.05, 3.63) is 52.7 Å². The van der Waals surface area contributed by atoms with Crippen LogP contribution >= 0.6 is 11.6 Å². The largest absolute Gasteiger partial charge is 0.462 e. The molecular formula is C32H39ClN6O3. The normalized spacial score (nSPS) is 25.3. The Hall–Kier alpha value is -3.14. The number of piperidine rings is 1. The number of ether oxygens (including phenoxy) is 1. The lowest BCUT2D eigenvalue weighted by atomic mass is 10.0. The van der Waals surface area contributed by atoms with Crippen LogP contribution in [0.1, 0.15) is 30.5 Å². The number of carbonyl (C=O) groups is 1. The fourth-order valence-corrected chi connectivity index (χ4v) is 7.70. The first kappa shape index (κ1) is 27.7. The van der Waals surface area contributed by atoms with Crippen LogP contribution in [0, 0.1) is 17.8 Å². The third-order valence-electron chi connectivity index (χ3n) is 9.94. The number of aromatic nitrogens is 2. The van der Waals surface area contributed by atoms with Gasteiger partial charge in [-0.25, -0.2) is 5.06 Å². The maximum Gasteiger partial charge on any atom is 0.318 e. The highest BCUT2D eigenvalue weighted by Gasteiger charge is 2.57. The van der Waals surface area contributed by atoms with Crippen molar-refractivity contribution in [2.24, 2.45) is 17.8 Å². The van der Waals surface area contributed by atoms with Gasteiger partial charge in [0.05, 0.1) is 24.4 Å². The highest BCUT2D eigenvalue weighted by atomic mass is 35.5. The van der Waals surface area contributed by atoms with Crippen LogP contribution in [0.5, 0.6) is 6.01 Å². The lowest BCUT2D eigenvalue weighted by Gasteiger charge is -2.35. The second-order valence-electron chi connectivity index (χ2n) is 12.2. The molecule has 1 saturated carbocycles. The minimum Gasteiger partial charge on any atom is -0.462 e. The number of carbonyl (C=O) groups excluding carboxylic acids is 1. The van der Waals surface area contributed by atoms with Crippen molar-refractivity contribution in [2.45, 2.75) is 38.3 Å². The molecule has 4 heterocycles. The lowest BCUT2D eigenvalue weighted by Crippen LogP contribution is -2.37. The molecule has 3 aliphatic heterocycles. The number of hydrogen-bond donors (Lipinski definition) is 0. The van der Waals surface area contributed by atoms with E-state index < -0.39 is 0 Å². The minimum atomic E-state index is 0.0258. The first-order valence-electron chi connectivity index (χ1n) is 15.1. The van der Waals surface area contributed by atoms with Gasteiger partial charge in [0.25, 0.3) is 0 Å². The topological polar surface area (TPSA) is 74.3 Å². The lowest BCUT2D eigenvalue weighted by molar-refractivity contribution is -0.170. The van der Waals surface area contributed by atoms with E-state index in [0.29, 0.717) is 37.0 Å². The molecule has 4 aliphatic rings. The van der Waals surface area contributed by atoms with E-state index in [1.54, 1.807) is 14.2 Å². The van der Waals surface area contributed by atoms with Gasteiger partial charge in [-0.2, -0.15) is 9.97 Å². The molecule has 3 aromatic rings. The summed E-state index contributed by atoms with van der Waals surface area (Å²) in [6.45, 7) is 4.88. The molecule has 0 radical (unpaired) electrons. The van der Waals surface area contributed by atoms with E-state index in [1.165, 1.54) is 17.0 Å². The molecule has 7 rings (SSSR count). The fourth-order valence-electron chi connectivity index (χ4n) is 7.42. The number of likely N-dealkylation sites (tertiary alicyclic amines) is 1. The summed E-state index contributed by atoms with van der Waals surface area (Å²) >= 11 is 6.71. The second-order valence-corrected chi connectivity index (χ2v) is 12.6. The van der Waals surface area contributed by atoms with Crippen LogP contribution in [-0.2, 0) is 22.6 Å². The second kappa shape index (κ2) is 11.2. The molecule has 0 bridgehead atoms. The monoisotopic (exact) mass is 590 g/mol. The summed E-state index contributed by atoms with van der Waals surface area (Å²) in [6, 6.07) is 13.3. The highest BCUT2D eigenvalue weighted by Crippen LogP contribution is 2.53. The Labute approximate surface area is 252 Å². The molecule has 1 amide bonds. The summed E-state index contributed by atoms with van der Waals surface area (Å²) in [6.07, 6.45) is 4.12. The van der Waals surface area contributed by atoms with E-state index in [4.69, 9.17) is 31.1 Å². The van der Waals surface area contributed by atoms with Crippen LogP contribution in [0.15, 0.2) is 36.4 Å². The highest BCUT2D eigenvalue weighted by molar-refractivity contribution is 6.36. The fraction of sp³-hybridized carbons (Fsp3) is 0.531. The van der Waals surface area contributed by atoms with E-state index in [0.717, 1.165) is 78.4 Å². The summed E-state index contributed by atoms with van der Waals surface area (Å²) in [7, 11) is 5.40. The van der Waals surface area contributed by atoms with Crippen molar-refractivity contribution in [1.82, 2.24) is 19.9 Å². The summed E-state index contributed by atoms with van der Waals surface area (Å²) in [4.78, 5) is 35.2. The Balaban J connectivity index is 1.19. The number of rotatable bonds is 7. The first-order chi connectivity index (χ1) is 20.4. The molecule has 0 unspecified atom stereocenters. The summed E-state index contributed by atoms with van der Waals surface area (Å²) in [5.74, 6) is 1.82. The van der Waals surface area contributed by atoms with E-state index >= 15 is 0 Å². The van der Waals surface area contributed by atoms with Crippen LogP contribution in [-0.4, -0.2) is 85.9 Å². The number of likely N-dealkylation sites (N-methyl/N-ethyl adjacent to an activating group) is 1. The number of benzene rings is 2. The SMILES string of the molecule is CON(C)C(=O)[C@H]1[C@@H]2CN(c3nc(OC[C@@H]4CCCN4C)nc4c3CCN(c3cccc5cccc(Cl)c35)C4)CC[C@@H]21. The molecule has 0 spiro atoms. The van der Waals surface area contributed by atoms with Gasteiger partial charge in [-0.1, -0.05) is 35.9 Å². The summed E-state index contributed by atoms with van der Waals surface area (Å²) < 4.78 is 6.32. The molecule has 1 aromatic heterocycles. The molecule has 0 N–H and O–H groups in total. The van der Waals surface area contributed by atoms with Crippen molar-refractivity contribution in [3.63, 3.8) is 0 Å². The molecule has 222 valence electrons. The van der Waals surface area contributed by atoms with E-state index in [9.17, 15) is 4.79 Å². The minimum absolute atomic E-state index is 0.0258. The van der Waals surface area contributed by atoms with Gasteiger partial charge in [-0.15, -0.1) is 0 Å². The predicted octanol–water partition coefficient (Wildman–Crippen LogP) is 4.41. The van der Waals surface area contributed by atoms with Crippen molar-refractivity contribution < 1.29 is 14.4 Å². The molecule has 1 aliphatic carbocycles. The molecule has 2 saturated heterocycles. The molecule has 42 heavy (non-hydrogen) atoms. The van der Waals surface area contributed by atoms with Crippen molar-refractivity contribution in [2.75, 3.05) is 63.8 Å². The van der Waals surface area contributed by atoms with Gasteiger partial charge in [0.15, 0.2) is 0 Å². The van der Waals surface area contributed by atoms with Crippen LogP contribution in [0.2, 0.25) is 5.02 Å². The van der Waals surface area contributed by atoms with Crippen molar-refractivity contribution in [1.29, 1.82) is 0 Å². The Morgan fingerprint density at radius 2 is 1.90 bits per heavy atom. The summed E-state index contributed by atoms with van der Waals surface area (Å²) in [5, 5.41) is 4.35. The van der Waals surface area contributed by atoms with Gasteiger partial charge in [0.1, 0.15) is 12.4 Å². The van der Waals surface area contributed by atoms with Gasteiger partial charge in [0, 0.05) is 55.3 Å². The predicted molar refractivity (Wildman–Crippen MR) is 164 cm³/mol. The molecular weight excluding hydrogens is 552 g/mol. The maximum absolute atomic E-state index is 12.9. The van der Waals surface area contributed by atoms with E-state index in [1.807, 2.05) is 12.1 Å². The number of fused-ring (bicyclic) bond motifs is 3. The smallest absolute Gasteiger partial charge is 0.318 e. The van der Waals surface area contributed by atoms with Gasteiger partial charge in [-0.05, 0) is 68.6 Å². The van der Waals surface area contributed by atoms with E-state index in [-0.39, 0.29) is 11.8 Å². The number of hydrogen-bond acceptors (Lipinski definition) is 8. The Morgan fingerprint density at radius 1 is 1.07 bits per heavy atom. The zero-order chi connectivity index (χ0) is 29.0. The number of anilines is 2. The zero-order valence-electron chi connectivity index (χ0n) is 24.6. The number of nitrogens with zero attached hydrogens (tertiary/aromatic N) is 6. The number of amides is 1. The van der Waals surface area contributed by atoms with Crippen molar-refractivity contribution in [3.8, 4) is 6.01 Å². The third kappa shape index (κ3) is 4.95. The standard InChI is InChI=1S/C32H39ClN6O3/c1-36-14-6-9-21(36)19-42-32-34-26-18-38(27-11-5-8-20-7-4-10-25(33)28(20)27)15-13-23(26)30(35-32)39-16-12-22-24(17-39)29(22)31(40)37(2)41-3/h4-5,7-8,10-11,21-22,24,29H,6,9,12-19H2,1-3H3/t21-,22-,24+,29+/m0/s1. The van der Waals surface area contributed by atoms with Crippen LogP contribution in [0.25, 0.3) is 10.8 Å². The Morgan fingerprint density at radius 3 is 2.69 bits per heavy atom. The average Bonchev–Trinajstić information content (AvgIpc) is 3.59. The van der Waals surface area contributed by atoms with Crippen LogP contribution in [0.3, 0.4) is 0 Å². The van der Waals surface area contributed by atoms with Crippen LogP contribution < -0.4 is 14.5 Å². The molecule has 10 heteroatoms. The number of halogens is 1. The zero-order valence-corrected chi connectivity index (χ0v) is 25.4.